The largest absolute Gasteiger partial charge is 0.497 e. The molecule has 2 aromatic carbocycles. The van der Waals surface area contributed by atoms with Gasteiger partial charge in [0.25, 0.3) is 0 Å². The van der Waals surface area contributed by atoms with Gasteiger partial charge in [-0.3, -0.25) is 0 Å². The second-order valence-electron chi connectivity index (χ2n) is 5.94. The summed E-state index contributed by atoms with van der Waals surface area (Å²) in [7, 11) is 1.69. The van der Waals surface area contributed by atoms with Crippen LogP contribution in [0.4, 0.5) is 0 Å². The van der Waals surface area contributed by atoms with E-state index in [1.54, 1.807) is 7.11 Å². The number of ether oxygens (including phenoxy) is 1. The molecule has 0 aliphatic rings. The van der Waals surface area contributed by atoms with Gasteiger partial charge in [-0.25, -0.2) is 9.50 Å². The number of methoxy groups -OCH3 is 1. The van der Waals surface area contributed by atoms with E-state index in [4.69, 9.17) is 4.74 Å². The van der Waals surface area contributed by atoms with Crippen LogP contribution in [0, 0.1) is 0 Å². The molecule has 0 unspecified atom stereocenters. The molecule has 4 heteroatoms. The summed E-state index contributed by atoms with van der Waals surface area (Å²) in [6.45, 7) is 0. The van der Waals surface area contributed by atoms with E-state index in [0.29, 0.717) is 0 Å². The molecule has 0 radical (unpaired) electrons. The lowest BCUT2D eigenvalue weighted by Crippen LogP contribution is -2.02. The molecule has 0 aliphatic carbocycles. The van der Waals surface area contributed by atoms with Crippen molar-refractivity contribution >= 4 is 5.65 Å². The monoisotopic (exact) mass is 329 g/mol. The minimum Gasteiger partial charge on any atom is -0.497 e. The molecule has 4 nitrogen and oxygen atoms in total. The van der Waals surface area contributed by atoms with Crippen molar-refractivity contribution in [3.05, 3.63) is 84.3 Å². The van der Waals surface area contributed by atoms with E-state index in [-0.39, 0.29) is 0 Å². The lowest BCUT2D eigenvalue weighted by molar-refractivity contribution is 0.414. The molecule has 0 bridgehead atoms. The zero-order chi connectivity index (χ0) is 17.1. The molecular weight excluding hydrogens is 310 g/mol. The highest BCUT2D eigenvalue weighted by Crippen LogP contribution is 2.23. The Balaban J connectivity index is 1.61. The Morgan fingerprint density at radius 2 is 1.72 bits per heavy atom. The minimum atomic E-state index is 0.884. The zero-order valence-corrected chi connectivity index (χ0v) is 14.1. The Morgan fingerprint density at radius 3 is 2.48 bits per heavy atom. The van der Waals surface area contributed by atoms with Gasteiger partial charge in [0.05, 0.1) is 13.3 Å². The lowest BCUT2D eigenvalue weighted by Gasteiger charge is -2.06. The molecule has 4 rings (SSSR count). The summed E-state index contributed by atoms with van der Waals surface area (Å²) in [6.07, 6.45) is 5.62. The Labute approximate surface area is 146 Å². The van der Waals surface area contributed by atoms with Gasteiger partial charge in [-0.05, 0) is 42.2 Å². The summed E-state index contributed by atoms with van der Waals surface area (Å²) in [5.74, 6) is 0.884. The van der Waals surface area contributed by atoms with Crippen molar-refractivity contribution in [1.82, 2.24) is 14.6 Å². The summed E-state index contributed by atoms with van der Waals surface area (Å²) >= 11 is 0. The molecule has 0 N–H and O–H groups in total. The van der Waals surface area contributed by atoms with Crippen LogP contribution in [-0.2, 0) is 12.8 Å². The quantitative estimate of drug-likeness (QED) is 0.551. The number of aromatic nitrogens is 3. The number of nitrogens with zero attached hydrogens (tertiary/aromatic N) is 3. The Morgan fingerprint density at radius 1 is 0.920 bits per heavy atom. The van der Waals surface area contributed by atoms with E-state index in [0.717, 1.165) is 41.1 Å². The van der Waals surface area contributed by atoms with Crippen molar-refractivity contribution in [3.63, 3.8) is 0 Å². The van der Waals surface area contributed by atoms with E-state index in [2.05, 4.69) is 34.3 Å². The number of hydrogen-bond acceptors (Lipinski definition) is 3. The smallest absolute Gasteiger partial charge is 0.163 e. The van der Waals surface area contributed by atoms with E-state index in [1.807, 2.05) is 53.3 Å². The van der Waals surface area contributed by atoms with Crippen molar-refractivity contribution in [3.8, 4) is 16.9 Å². The SMILES string of the molecule is COc1ccc(CCc2ccnc3c(-c4ccccc4)cnn23)cc1. The summed E-state index contributed by atoms with van der Waals surface area (Å²) in [4.78, 5) is 4.54. The maximum absolute atomic E-state index is 5.21. The number of benzene rings is 2. The molecule has 2 heterocycles. The maximum atomic E-state index is 5.21. The maximum Gasteiger partial charge on any atom is 0.163 e. The average Bonchev–Trinajstić information content (AvgIpc) is 3.12. The van der Waals surface area contributed by atoms with Crippen LogP contribution in [0.3, 0.4) is 0 Å². The van der Waals surface area contributed by atoms with Crippen LogP contribution in [-0.4, -0.2) is 21.7 Å². The molecule has 0 atom stereocenters. The first-order valence-electron chi connectivity index (χ1n) is 8.35. The van der Waals surface area contributed by atoms with Gasteiger partial charge in [-0.1, -0.05) is 42.5 Å². The molecule has 0 saturated heterocycles. The molecule has 124 valence electrons. The van der Waals surface area contributed by atoms with Crippen LogP contribution < -0.4 is 4.74 Å². The first-order valence-corrected chi connectivity index (χ1v) is 8.35. The summed E-state index contributed by atoms with van der Waals surface area (Å²) < 4.78 is 7.16. The van der Waals surface area contributed by atoms with Crippen molar-refractivity contribution in [2.75, 3.05) is 7.11 Å². The van der Waals surface area contributed by atoms with Crippen LogP contribution in [0.25, 0.3) is 16.8 Å². The van der Waals surface area contributed by atoms with E-state index in [9.17, 15) is 0 Å². The van der Waals surface area contributed by atoms with Gasteiger partial charge in [0, 0.05) is 17.5 Å². The Hall–Kier alpha value is -3.14. The number of rotatable bonds is 5. The van der Waals surface area contributed by atoms with Gasteiger partial charge in [0.1, 0.15) is 5.75 Å². The fraction of sp³-hybridized carbons (Fsp3) is 0.143. The standard InChI is InChI=1S/C21H19N3O/c1-25-19-11-8-16(9-12-19)7-10-18-13-14-22-21-20(15-23-24(18)21)17-5-3-2-4-6-17/h2-6,8-9,11-15H,7,10H2,1H3. The summed E-state index contributed by atoms with van der Waals surface area (Å²) in [6, 6.07) is 20.5. The number of fused-ring (bicyclic) bond motifs is 1. The van der Waals surface area contributed by atoms with Crippen molar-refractivity contribution < 1.29 is 4.74 Å². The van der Waals surface area contributed by atoms with Gasteiger partial charge < -0.3 is 4.74 Å². The highest BCUT2D eigenvalue weighted by Gasteiger charge is 2.10. The first-order chi connectivity index (χ1) is 12.3. The molecule has 0 amide bonds. The topological polar surface area (TPSA) is 39.4 Å². The van der Waals surface area contributed by atoms with Crippen LogP contribution in [0.15, 0.2) is 73.1 Å². The van der Waals surface area contributed by atoms with E-state index >= 15 is 0 Å². The molecule has 2 aromatic heterocycles. The van der Waals surface area contributed by atoms with Crippen LogP contribution in [0.2, 0.25) is 0 Å². The number of hydrogen-bond donors (Lipinski definition) is 0. The number of aryl methyl sites for hydroxylation is 2. The fourth-order valence-electron chi connectivity index (χ4n) is 3.02. The molecule has 4 aromatic rings. The third-order valence-corrected chi connectivity index (χ3v) is 4.39. The highest BCUT2D eigenvalue weighted by molar-refractivity contribution is 5.76. The molecule has 0 fully saturated rings. The third kappa shape index (κ3) is 3.11. The lowest BCUT2D eigenvalue weighted by atomic mass is 10.1. The summed E-state index contributed by atoms with van der Waals surface area (Å²) in [5.41, 5.74) is 5.53. The Bertz CT molecular complexity index is 975. The Kier molecular flexibility index (Phi) is 4.17. The predicted molar refractivity (Wildman–Crippen MR) is 98.8 cm³/mol. The van der Waals surface area contributed by atoms with Gasteiger partial charge in [-0.2, -0.15) is 5.10 Å². The van der Waals surface area contributed by atoms with Gasteiger partial charge in [0.2, 0.25) is 0 Å². The minimum absolute atomic E-state index is 0.884. The van der Waals surface area contributed by atoms with Gasteiger partial charge in [-0.15, -0.1) is 0 Å². The van der Waals surface area contributed by atoms with Crippen molar-refractivity contribution in [2.24, 2.45) is 0 Å². The first kappa shape index (κ1) is 15.4. The summed E-state index contributed by atoms with van der Waals surface area (Å²) in [5, 5.41) is 4.57. The molecule has 0 saturated carbocycles. The fourth-order valence-corrected chi connectivity index (χ4v) is 3.02. The van der Waals surface area contributed by atoms with Crippen molar-refractivity contribution in [1.29, 1.82) is 0 Å². The van der Waals surface area contributed by atoms with E-state index in [1.165, 1.54) is 5.56 Å². The van der Waals surface area contributed by atoms with Crippen LogP contribution in [0.1, 0.15) is 11.3 Å². The van der Waals surface area contributed by atoms with Crippen LogP contribution >= 0.6 is 0 Å². The van der Waals surface area contributed by atoms with Gasteiger partial charge >= 0.3 is 0 Å². The molecule has 25 heavy (non-hydrogen) atoms. The second kappa shape index (κ2) is 6.77. The molecule has 0 aliphatic heterocycles. The highest BCUT2D eigenvalue weighted by atomic mass is 16.5. The normalized spacial score (nSPS) is 10.9. The zero-order valence-electron chi connectivity index (χ0n) is 14.1. The van der Waals surface area contributed by atoms with Crippen molar-refractivity contribution in [2.45, 2.75) is 12.8 Å². The average molecular weight is 329 g/mol. The molecular formula is C21H19N3O. The molecule has 0 spiro atoms. The van der Waals surface area contributed by atoms with E-state index < -0.39 is 0 Å². The van der Waals surface area contributed by atoms with Gasteiger partial charge in [0.15, 0.2) is 5.65 Å². The third-order valence-electron chi connectivity index (χ3n) is 4.39. The van der Waals surface area contributed by atoms with Crippen LogP contribution in [0.5, 0.6) is 5.75 Å². The predicted octanol–water partition coefficient (Wildman–Crippen LogP) is 4.19. The second-order valence-corrected chi connectivity index (χ2v) is 5.94.